The van der Waals surface area contributed by atoms with Gasteiger partial charge in [0, 0.05) is 24.5 Å². The molecule has 0 aliphatic carbocycles. The number of anilines is 2. The second kappa shape index (κ2) is 12.0. The zero-order valence-electron chi connectivity index (χ0n) is 22.0. The molecule has 3 amide bonds. The number of nitrogens with one attached hydrogen (secondary N) is 2. The molecule has 4 aromatic rings. The summed E-state index contributed by atoms with van der Waals surface area (Å²) in [6, 6.07) is 18.4. The summed E-state index contributed by atoms with van der Waals surface area (Å²) in [5.41, 5.74) is 5.31. The van der Waals surface area contributed by atoms with Gasteiger partial charge in [-0.3, -0.25) is 14.4 Å². The van der Waals surface area contributed by atoms with E-state index in [0.717, 1.165) is 58.2 Å². The third-order valence-electron chi connectivity index (χ3n) is 6.79. The van der Waals surface area contributed by atoms with Gasteiger partial charge in [0.05, 0.1) is 27.1 Å². The minimum atomic E-state index is -0.322. The van der Waals surface area contributed by atoms with Gasteiger partial charge < -0.3 is 15.5 Å². The summed E-state index contributed by atoms with van der Waals surface area (Å²) in [5, 5.41) is 5.88. The number of aryl methyl sites for hydroxylation is 2. The van der Waals surface area contributed by atoms with E-state index < -0.39 is 0 Å². The summed E-state index contributed by atoms with van der Waals surface area (Å²) >= 11 is 2.86. The molecule has 200 valence electrons. The molecule has 2 heterocycles. The maximum absolute atomic E-state index is 13.2. The summed E-state index contributed by atoms with van der Waals surface area (Å²) in [7, 11) is 0. The summed E-state index contributed by atoms with van der Waals surface area (Å²) in [5.74, 6) is -0.259. The average Bonchev–Trinajstić information content (AvgIpc) is 3.36. The van der Waals surface area contributed by atoms with Crippen molar-refractivity contribution in [2.45, 2.75) is 37.4 Å². The Morgan fingerprint density at radius 2 is 1.59 bits per heavy atom. The molecule has 0 radical (unpaired) electrons. The Balaban J connectivity index is 1.23. The van der Waals surface area contributed by atoms with Crippen LogP contribution < -0.4 is 10.6 Å². The van der Waals surface area contributed by atoms with Gasteiger partial charge in [-0.25, -0.2) is 4.98 Å². The van der Waals surface area contributed by atoms with Crippen LogP contribution in [0.2, 0.25) is 0 Å². The molecule has 1 aliphatic rings. The lowest BCUT2D eigenvalue weighted by Crippen LogP contribution is -2.36. The number of benzene rings is 3. The van der Waals surface area contributed by atoms with Gasteiger partial charge in [0.1, 0.15) is 0 Å². The lowest BCUT2D eigenvalue weighted by Gasteiger charge is -2.27. The number of thioether (sulfide) groups is 1. The summed E-state index contributed by atoms with van der Waals surface area (Å²) in [4.78, 5) is 45.2. The van der Waals surface area contributed by atoms with Crippen molar-refractivity contribution < 1.29 is 14.4 Å². The van der Waals surface area contributed by atoms with Crippen LogP contribution in [0.3, 0.4) is 0 Å². The summed E-state index contributed by atoms with van der Waals surface area (Å²) < 4.78 is 1.68. The Hall–Kier alpha value is -3.69. The first-order valence-corrected chi connectivity index (χ1v) is 14.8. The van der Waals surface area contributed by atoms with Gasteiger partial charge in [-0.15, -0.1) is 11.3 Å². The molecular formula is C30H30N4O3S2. The molecule has 0 spiro atoms. The molecule has 2 N–H and O–H groups in total. The van der Waals surface area contributed by atoms with Crippen molar-refractivity contribution in [2.24, 2.45) is 0 Å². The van der Waals surface area contributed by atoms with Gasteiger partial charge in [-0.05, 0) is 86.7 Å². The van der Waals surface area contributed by atoms with Crippen LogP contribution in [0.1, 0.15) is 51.1 Å². The van der Waals surface area contributed by atoms with Gasteiger partial charge in [0.25, 0.3) is 11.8 Å². The first-order valence-electron chi connectivity index (χ1n) is 13.0. The number of nitrogens with zero attached hydrogens (tertiary/aromatic N) is 2. The SMILES string of the molecule is Cc1ccc(NC(=O)CSc2nc3ccc(NC(=O)c4ccccc4C(=O)N4CCCCC4)cc3s2)cc1C. The highest BCUT2D eigenvalue weighted by molar-refractivity contribution is 8.01. The van der Waals surface area contributed by atoms with Crippen molar-refractivity contribution in [3.63, 3.8) is 0 Å². The Morgan fingerprint density at radius 1 is 0.872 bits per heavy atom. The first kappa shape index (κ1) is 26.9. The highest BCUT2D eigenvalue weighted by atomic mass is 32.2. The molecule has 1 aromatic heterocycles. The standard InChI is InChI=1S/C30H30N4O3S2/c1-19-10-11-21(16-20(19)2)31-27(35)18-38-30-33-25-13-12-22(17-26(25)39-30)32-28(36)23-8-4-5-9-24(23)29(37)34-14-6-3-7-15-34/h4-5,8-13,16-17H,3,6-7,14-15,18H2,1-2H3,(H,31,35)(H,32,36). The van der Waals surface area contributed by atoms with Crippen LogP contribution in [0.15, 0.2) is 65.0 Å². The number of piperidine rings is 1. The molecule has 7 nitrogen and oxygen atoms in total. The van der Waals surface area contributed by atoms with Gasteiger partial charge in [0.15, 0.2) is 4.34 Å². The van der Waals surface area contributed by atoms with Crippen molar-refractivity contribution in [2.75, 3.05) is 29.5 Å². The molecule has 1 fully saturated rings. The van der Waals surface area contributed by atoms with Crippen molar-refractivity contribution >= 4 is 62.4 Å². The van der Waals surface area contributed by atoms with Crippen LogP contribution in [-0.4, -0.2) is 46.4 Å². The molecule has 5 rings (SSSR count). The number of hydrogen-bond donors (Lipinski definition) is 2. The van der Waals surface area contributed by atoms with Crippen molar-refractivity contribution in [3.8, 4) is 0 Å². The fourth-order valence-electron chi connectivity index (χ4n) is 4.52. The molecule has 1 saturated heterocycles. The van der Waals surface area contributed by atoms with Gasteiger partial charge >= 0.3 is 0 Å². The number of aromatic nitrogens is 1. The third-order valence-corrected chi connectivity index (χ3v) is 8.95. The Kier molecular flexibility index (Phi) is 8.28. The zero-order chi connectivity index (χ0) is 27.4. The topological polar surface area (TPSA) is 91.4 Å². The maximum Gasteiger partial charge on any atom is 0.256 e. The molecule has 3 aromatic carbocycles. The zero-order valence-corrected chi connectivity index (χ0v) is 23.6. The maximum atomic E-state index is 13.2. The van der Waals surface area contributed by atoms with Crippen LogP contribution >= 0.6 is 23.1 Å². The van der Waals surface area contributed by atoms with E-state index in [-0.39, 0.29) is 23.5 Å². The predicted molar refractivity (Wildman–Crippen MR) is 159 cm³/mol. The lowest BCUT2D eigenvalue weighted by atomic mass is 10.0. The predicted octanol–water partition coefficient (Wildman–Crippen LogP) is 6.52. The number of thiazole rings is 1. The van der Waals surface area contributed by atoms with E-state index in [1.54, 1.807) is 30.3 Å². The Labute approximate surface area is 236 Å². The fraction of sp³-hybridized carbons (Fsp3) is 0.267. The molecule has 0 saturated carbocycles. The monoisotopic (exact) mass is 558 g/mol. The van der Waals surface area contributed by atoms with E-state index >= 15 is 0 Å². The number of amides is 3. The number of hydrogen-bond acceptors (Lipinski definition) is 6. The fourth-order valence-corrected chi connectivity index (χ4v) is 6.43. The van der Waals surface area contributed by atoms with E-state index in [1.807, 2.05) is 49.1 Å². The van der Waals surface area contributed by atoms with E-state index in [1.165, 1.54) is 28.7 Å². The normalized spacial score (nSPS) is 13.3. The molecular weight excluding hydrogens is 528 g/mol. The second-order valence-electron chi connectivity index (χ2n) is 9.65. The molecule has 0 unspecified atom stereocenters. The van der Waals surface area contributed by atoms with Crippen LogP contribution in [0, 0.1) is 13.8 Å². The van der Waals surface area contributed by atoms with Crippen LogP contribution in [0.25, 0.3) is 10.2 Å². The lowest BCUT2D eigenvalue weighted by molar-refractivity contribution is -0.113. The number of fused-ring (bicyclic) bond motifs is 1. The summed E-state index contributed by atoms with van der Waals surface area (Å²) in [6.45, 7) is 5.51. The Morgan fingerprint density at radius 3 is 2.36 bits per heavy atom. The van der Waals surface area contributed by atoms with Gasteiger partial charge in [-0.1, -0.05) is 30.0 Å². The van der Waals surface area contributed by atoms with E-state index in [0.29, 0.717) is 16.8 Å². The highest BCUT2D eigenvalue weighted by Gasteiger charge is 2.23. The summed E-state index contributed by atoms with van der Waals surface area (Å²) in [6.07, 6.45) is 3.12. The van der Waals surface area contributed by atoms with E-state index in [2.05, 4.69) is 15.6 Å². The van der Waals surface area contributed by atoms with Crippen molar-refractivity contribution in [3.05, 3.63) is 82.9 Å². The minimum Gasteiger partial charge on any atom is -0.339 e. The molecule has 0 bridgehead atoms. The second-order valence-corrected chi connectivity index (χ2v) is 11.9. The highest BCUT2D eigenvalue weighted by Crippen LogP contribution is 2.31. The van der Waals surface area contributed by atoms with Crippen molar-refractivity contribution in [1.29, 1.82) is 0 Å². The van der Waals surface area contributed by atoms with Gasteiger partial charge in [0.2, 0.25) is 5.91 Å². The Bertz CT molecular complexity index is 1540. The largest absolute Gasteiger partial charge is 0.339 e. The molecule has 0 atom stereocenters. The number of carbonyl (C=O) groups excluding carboxylic acids is 3. The third kappa shape index (κ3) is 6.49. The van der Waals surface area contributed by atoms with Gasteiger partial charge in [-0.2, -0.15) is 0 Å². The molecule has 9 heteroatoms. The number of carbonyl (C=O) groups is 3. The van der Waals surface area contributed by atoms with Crippen LogP contribution in [0.4, 0.5) is 11.4 Å². The van der Waals surface area contributed by atoms with Crippen LogP contribution in [-0.2, 0) is 4.79 Å². The molecule has 39 heavy (non-hydrogen) atoms. The van der Waals surface area contributed by atoms with E-state index in [9.17, 15) is 14.4 Å². The van der Waals surface area contributed by atoms with Crippen molar-refractivity contribution in [1.82, 2.24) is 9.88 Å². The minimum absolute atomic E-state index is 0.0896. The smallest absolute Gasteiger partial charge is 0.256 e. The number of rotatable bonds is 7. The molecule has 1 aliphatic heterocycles. The average molecular weight is 559 g/mol. The first-order chi connectivity index (χ1) is 18.9. The van der Waals surface area contributed by atoms with Crippen LogP contribution in [0.5, 0.6) is 0 Å². The quantitative estimate of drug-likeness (QED) is 0.252. The van der Waals surface area contributed by atoms with E-state index in [4.69, 9.17) is 0 Å². The number of likely N-dealkylation sites (tertiary alicyclic amines) is 1.